The van der Waals surface area contributed by atoms with Crippen LogP contribution in [0.25, 0.3) is 10.8 Å². The van der Waals surface area contributed by atoms with Crippen molar-refractivity contribution in [3.05, 3.63) is 47.8 Å². The van der Waals surface area contributed by atoms with Gasteiger partial charge in [-0.15, -0.1) is 0 Å². The van der Waals surface area contributed by atoms with Gasteiger partial charge in [0, 0.05) is 10.2 Å². The summed E-state index contributed by atoms with van der Waals surface area (Å²) in [6.45, 7) is 0. The minimum Gasteiger partial charge on any atom is -0.206 e. The molecule has 0 bridgehead atoms. The van der Waals surface area contributed by atoms with Crippen LogP contribution in [-0.4, -0.2) is 0 Å². The number of alkyl halides is 1. The van der Waals surface area contributed by atoms with E-state index in [1.165, 1.54) is 44.1 Å². The largest absolute Gasteiger partial charge is 0.206 e. The summed E-state index contributed by atoms with van der Waals surface area (Å²) in [5, 5.41) is 1.79. The van der Waals surface area contributed by atoms with E-state index in [2.05, 4.69) is 15.9 Å². The van der Waals surface area contributed by atoms with Crippen molar-refractivity contribution < 1.29 is 4.39 Å². The van der Waals surface area contributed by atoms with E-state index in [4.69, 9.17) is 0 Å². The van der Waals surface area contributed by atoms with Crippen LogP contribution in [0.5, 0.6) is 0 Å². The third kappa shape index (κ3) is 3.48. The Balaban J connectivity index is 1.84. The van der Waals surface area contributed by atoms with Crippen LogP contribution in [-0.2, 0) is 0 Å². The fourth-order valence-corrected chi connectivity index (χ4v) is 4.51. The number of hydrogen-bond acceptors (Lipinski definition) is 0. The second-order valence-electron chi connectivity index (χ2n) is 6.24. The molecule has 3 rings (SSSR count). The first kappa shape index (κ1) is 15.0. The highest BCUT2D eigenvalue weighted by Crippen LogP contribution is 2.38. The third-order valence-corrected chi connectivity index (χ3v) is 5.62. The lowest BCUT2D eigenvalue weighted by Gasteiger charge is -2.20. The van der Waals surface area contributed by atoms with Crippen molar-refractivity contribution in [1.29, 1.82) is 0 Å². The molecular formula is C19H22BrF. The molecule has 0 N–H and O–H groups in total. The second-order valence-corrected chi connectivity index (χ2v) is 7.35. The number of fused-ring (bicyclic) bond motifs is 1. The minimum absolute atomic E-state index is 0.122. The Morgan fingerprint density at radius 1 is 0.952 bits per heavy atom. The molecule has 1 aliphatic rings. The van der Waals surface area contributed by atoms with Gasteiger partial charge in [-0.25, -0.2) is 4.39 Å². The van der Waals surface area contributed by atoms with E-state index < -0.39 is 0 Å². The molecule has 1 atom stereocenters. The van der Waals surface area contributed by atoms with Crippen molar-refractivity contribution in [3.8, 4) is 0 Å². The Hall–Kier alpha value is -0.890. The molecule has 2 heteroatoms. The molecule has 0 heterocycles. The first-order valence-electron chi connectivity index (χ1n) is 8.07. The maximum atomic E-state index is 13.9. The molecule has 0 radical (unpaired) electrons. The van der Waals surface area contributed by atoms with E-state index in [0.717, 1.165) is 23.1 Å². The van der Waals surface area contributed by atoms with E-state index in [9.17, 15) is 4.39 Å². The van der Waals surface area contributed by atoms with E-state index in [0.29, 0.717) is 4.83 Å². The topological polar surface area (TPSA) is 0 Å². The Morgan fingerprint density at radius 3 is 2.33 bits per heavy atom. The van der Waals surface area contributed by atoms with Crippen molar-refractivity contribution in [2.45, 2.75) is 49.8 Å². The summed E-state index contributed by atoms with van der Waals surface area (Å²) in [7, 11) is 0. The lowest BCUT2D eigenvalue weighted by atomic mass is 9.91. The molecule has 0 aromatic heterocycles. The molecule has 2 aromatic carbocycles. The van der Waals surface area contributed by atoms with Crippen LogP contribution in [0.2, 0.25) is 0 Å². The van der Waals surface area contributed by atoms with Crippen molar-refractivity contribution >= 4 is 26.7 Å². The average molecular weight is 349 g/mol. The molecule has 1 fully saturated rings. The summed E-state index contributed by atoms with van der Waals surface area (Å²) in [5.41, 5.74) is 1.23. The van der Waals surface area contributed by atoms with Gasteiger partial charge in [0.05, 0.1) is 0 Å². The SMILES string of the molecule is Fc1ccc(C(Br)CC2CCCCCC2)c2ccccc12. The van der Waals surface area contributed by atoms with E-state index in [-0.39, 0.29) is 5.82 Å². The summed E-state index contributed by atoms with van der Waals surface area (Å²) in [6, 6.07) is 11.4. The van der Waals surface area contributed by atoms with Gasteiger partial charge in [-0.2, -0.15) is 0 Å². The maximum Gasteiger partial charge on any atom is 0.131 e. The predicted molar refractivity (Wildman–Crippen MR) is 91.4 cm³/mol. The molecule has 0 amide bonds. The Morgan fingerprint density at radius 2 is 1.62 bits per heavy atom. The normalized spacial score (nSPS) is 18.6. The molecular weight excluding hydrogens is 327 g/mol. The monoisotopic (exact) mass is 348 g/mol. The minimum atomic E-state index is -0.122. The maximum absolute atomic E-state index is 13.9. The van der Waals surface area contributed by atoms with Crippen LogP contribution in [0.4, 0.5) is 4.39 Å². The van der Waals surface area contributed by atoms with Crippen LogP contribution < -0.4 is 0 Å². The molecule has 2 aromatic rings. The Labute approximate surface area is 134 Å². The van der Waals surface area contributed by atoms with Crippen molar-refractivity contribution in [2.24, 2.45) is 5.92 Å². The lowest BCUT2D eigenvalue weighted by Crippen LogP contribution is -2.04. The summed E-state index contributed by atoms with van der Waals surface area (Å²) >= 11 is 3.87. The molecule has 1 saturated carbocycles. The van der Waals surface area contributed by atoms with Gasteiger partial charge in [0.2, 0.25) is 0 Å². The first-order chi connectivity index (χ1) is 10.3. The van der Waals surface area contributed by atoms with Gasteiger partial charge in [0.1, 0.15) is 5.82 Å². The van der Waals surface area contributed by atoms with Crippen LogP contribution in [0.15, 0.2) is 36.4 Å². The average Bonchev–Trinajstić information content (AvgIpc) is 2.76. The molecule has 1 aliphatic carbocycles. The van der Waals surface area contributed by atoms with Gasteiger partial charge < -0.3 is 0 Å². The van der Waals surface area contributed by atoms with Gasteiger partial charge in [0.25, 0.3) is 0 Å². The van der Waals surface area contributed by atoms with Crippen LogP contribution in [0.3, 0.4) is 0 Å². The van der Waals surface area contributed by atoms with Gasteiger partial charge in [-0.05, 0) is 29.4 Å². The van der Waals surface area contributed by atoms with Gasteiger partial charge >= 0.3 is 0 Å². The fourth-order valence-electron chi connectivity index (χ4n) is 3.58. The molecule has 112 valence electrons. The zero-order valence-corrected chi connectivity index (χ0v) is 13.9. The summed E-state index contributed by atoms with van der Waals surface area (Å²) < 4.78 is 13.9. The number of rotatable bonds is 3. The lowest BCUT2D eigenvalue weighted by molar-refractivity contribution is 0.427. The number of halogens is 2. The number of benzene rings is 2. The third-order valence-electron chi connectivity index (χ3n) is 4.76. The quantitative estimate of drug-likeness (QED) is 0.423. The summed E-state index contributed by atoms with van der Waals surface area (Å²) in [6.07, 6.45) is 9.38. The van der Waals surface area contributed by atoms with Crippen molar-refractivity contribution in [3.63, 3.8) is 0 Å². The van der Waals surface area contributed by atoms with Gasteiger partial charge in [-0.1, -0.05) is 84.8 Å². The van der Waals surface area contributed by atoms with Crippen LogP contribution in [0, 0.1) is 11.7 Å². The van der Waals surface area contributed by atoms with Crippen molar-refractivity contribution in [1.82, 2.24) is 0 Å². The zero-order chi connectivity index (χ0) is 14.7. The molecule has 21 heavy (non-hydrogen) atoms. The first-order valence-corrected chi connectivity index (χ1v) is 8.98. The van der Waals surface area contributed by atoms with E-state index in [1.54, 1.807) is 6.07 Å². The summed E-state index contributed by atoms with van der Waals surface area (Å²) in [5.74, 6) is 0.684. The van der Waals surface area contributed by atoms with Gasteiger partial charge in [0.15, 0.2) is 0 Å². The van der Waals surface area contributed by atoms with Crippen molar-refractivity contribution in [2.75, 3.05) is 0 Å². The molecule has 1 unspecified atom stereocenters. The molecule has 0 spiro atoms. The highest BCUT2D eigenvalue weighted by molar-refractivity contribution is 9.09. The van der Waals surface area contributed by atoms with Gasteiger partial charge in [-0.3, -0.25) is 0 Å². The molecule has 0 aliphatic heterocycles. The highest BCUT2D eigenvalue weighted by atomic mass is 79.9. The molecule has 0 saturated heterocycles. The van der Waals surface area contributed by atoms with Crippen LogP contribution in [0.1, 0.15) is 55.3 Å². The number of hydrogen-bond donors (Lipinski definition) is 0. The Bertz CT molecular complexity index is 600. The van der Waals surface area contributed by atoms with Crippen LogP contribution >= 0.6 is 15.9 Å². The zero-order valence-electron chi connectivity index (χ0n) is 12.3. The standard InChI is InChI=1S/C19H22BrF/c20-18(13-14-7-3-1-2-4-8-14)16-11-12-19(21)17-10-6-5-9-15(16)17/h5-6,9-12,14,18H,1-4,7-8,13H2. The predicted octanol–water partition coefficient (Wildman–Crippen LogP) is 6.78. The fraction of sp³-hybridized carbons (Fsp3) is 0.474. The second kappa shape index (κ2) is 6.91. The Kier molecular flexibility index (Phi) is 4.95. The van der Waals surface area contributed by atoms with E-state index in [1.807, 2.05) is 30.3 Å². The van der Waals surface area contributed by atoms with E-state index >= 15 is 0 Å². The molecule has 0 nitrogen and oxygen atoms in total. The highest BCUT2D eigenvalue weighted by Gasteiger charge is 2.19. The smallest absolute Gasteiger partial charge is 0.131 e. The summed E-state index contributed by atoms with van der Waals surface area (Å²) in [4.78, 5) is 0.325.